The van der Waals surface area contributed by atoms with Crippen LogP contribution in [0.3, 0.4) is 0 Å². The number of piperidine rings is 1. The Morgan fingerprint density at radius 1 is 1.30 bits per heavy atom. The van der Waals surface area contributed by atoms with Gasteiger partial charge < -0.3 is 10.2 Å². The average Bonchev–Trinajstić information content (AvgIpc) is 2.52. The highest BCUT2D eigenvalue weighted by atomic mass is 16.2. The molecule has 1 aliphatic rings. The fourth-order valence-corrected chi connectivity index (χ4v) is 2.98. The molecule has 3 heteroatoms. The molecule has 0 aromatic heterocycles. The summed E-state index contributed by atoms with van der Waals surface area (Å²) in [4.78, 5) is 14.6. The Labute approximate surface area is 122 Å². The number of rotatable bonds is 6. The van der Waals surface area contributed by atoms with E-state index < -0.39 is 0 Å². The number of nitrogens with zero attached hydrogens (tertiary/aromatic N) is 1. The van der Waals surface area contributed by atoms with Gasteiger partial charge in [-0.1, -0.05) is 30.3 Å². The van der Waals surface area contributed by atoms with Gasteiger partial charge in [0.1, 0.15) is 0 Å². The van der Waals surface area contributed by atoms with Gasteiger partial charge in [0.25, 0.3) is 0 Å². The molecule has 0 saturated carbocycles. The van der Waals surface area contributed by atoms with Gasteiger partial charge in [-0.25, -0.2) is 0 Å². The van der Waals surface area contributed by atoms with Crippen molar-refractivity contribution in [2.24, 2.45) is 0 Å². The van der Waals surface area contributed by atoms with Crippen LogP contribution in [0.4, 0.5) is 0 Å². The summed E-state index contributed by atoms with van der Waals surface area (Å²) in [5, 5.41) is 3.19. The van der Waals surface area contributed by atoms with Crippen LogP contribution < -0.4 is 5.32 Å². The van der Waals surface area contributed by atoms with Gasteiger partial charge in [0.15, 0.2) is 0 Å². The van der Waals surface area contributed by atoms with Crippen molar-refractivity contribution in [2.45, 2.75) is 44.6 Å². The number of hydrogen-bond donors (Lipinski definition) is 1. The highest BCUT2D eigenvalue weighted by molar-refractivity contribution is 5.76. The molecule has 2 rings (SSSR count). The smallest absolute Gasteiger partial charge is 0.223 e. The van der Waals surface area contributed by atoms with Gasteiger partial charge in [-0.15, -0.1) is 0 Å². The molecule has 1 N–H and O–H groups in total. The summed E-state index contributed by atoms with van der Waals surface area (Å²) in [5.74, 6) is 0.328. The van der Waals surface area contributed by atoms with E-state index in [9.17, 15) is 4.79 Å². The average molecular weight is 274 g/mol. The topological polar surface area (TPSA) is 32.3 Å². The van der Waals surface area contributed by atoms with Crippen molar-refractivity contribution >= 4 is 5.91 Å². The van der Waals surface area contributed by atoms with Crippen LogP contribution in [0.15, 0.2) is 30.3 Å². The zero-order chi connectivity index (χ0) is 14.2. The van der Waals surface area contributed by atoms with E-state index in [2.05, 4.69) is 22.3 Å². The van der Waals surface area contributed by atoms with Gasteiger partial charge in [0.2, 0.25) is 5.91 Å². The molecule has 1 unspecified atom stereocenters. The number of benzene rings is 1. The Bertz CT molecular complexity index is 405. The minimum Gasteiger partial charge on any atom is -0.340 e. The third-order valence-corrected chi connectivity index (χ3v) is 4.15. The van der Waals surface area contributed by atoms with E-state index in [1.165, 1.54) is 18.4 Å². The molecule has 0 radical (unpaired) electrons. The summed E-state index contributed by atoms with van der Waals surface area (Å²) in [6.45, 7) is 1.94. The molecule has 0 spiro atoms. The first-order valence-electron chi connectivity index (χ1n) is 7.79. The fourth-order valence-electron chi connectivity index (χ4n) is 2.98. The second-order valence-corrected chi connectivity index (χ2v) is 5.61. The van der Waals surface area contributed by atoms with Crippen molar-refractivity contribution in [1.82, 2.24) is 10.2 Å². The molecule has 0 aliphatic carbocycles. The largest absolute Gasteiger partial charge is 0.340 e. The van der Waals surface area contributed by atoms with Crippen LogP contribution >= 0.6 is 0 Å². The van der Waals surface area contributed by atoms with E-state index in [0.717, 1.165) is 32.4 Å². The highest BCUT2D eigenvalue weighted by Crippen LogP contribution is 2.20. The van der Waals surface area contributed by atoms with Crippen molar-refractivity contribution in [2.75, 3.05) is 20.1 Å². The normalized spacial score (nSPS) is 19.1. The summed E-state index contributed by atoms with van der Waals surface area (Å²) < 4.78 is 0. The minimum absolute atomic E-state index is 0.328. The molecule has 3 nitrogen and oxygen atoms in total. The maximum atomic E-state index is 12.5. The lowest BCUT2D eigenvalue weighted by atomic mass is 9.98. The van der Waals surface area contributed by atoms with Crippen molar-refractivity contribution in [1.29, 1.82) is 0 Å². The van der Waals surface area contributed by atoms with Gasteiger partial charge in [-0.05, 0) is 51.3 Å². The molecule has 1 heterocycles. The van der Waals surface area contributed by atoms with Crippen molar-refractivity contribution in [3.05, 3.63) is 35.9 Å². The van der Waals surface area contributed by atoms with E-state index in [1.807, 2.05) is 25.2 Å². The molecule has 20 heavy (non-hydrogen) atoms. The molecule has 1 aliphatic heterocycles. The summed E-state index contributed by atoms with van der Waals surface area (Å²) in [6.07, 6.45) is 6.16. The lowest BCUT2D eigenvalue weighted by Gasteiger charge is -2.36. The molecular formula is C17H26N2O. The molecule has 1 atom stereocenters. The first kappa shape index (κ1) is 15.0. The van der Waals surface area contributed by atoms with Gasteiger partial charge in [0, 0.05) is 19.0 Å². The molecule has 1 fully saturated rings. The number of amides is 1. The van der Waals surface area contributed by atoms with Crippen LogP contribution in [-0.4, -0.2) is 37.0 Å². The molecule has 1 aromatic carbocycles. The monoisotopic (exact) mass is 274 g/mol. The zero-order valence-corrected chi connectivity index (χ0v) is 12.5. The number of carbonyl (C=O) groups excluding carboxylic acids is 1. The molecule has 1 saturated heterocycles. The Kier molecular flexibility index (Phi) is 6.06. The SMILES string of the molecule is CNCCC1CCCCN1C(=O)CCc1ccccc1. The van der Waals surface area contributed by atoms with Gasteiger partial charge >= 0.3 is 0 Å². The third kappa shape index (κ3) is 4.34. The summed E-state index contributed by atoms with van der Waals surface area (Å²) >= 11 is 0. The van der Waals surface area contributed by atoms with Crippen molar-refractivity contribution < 1.29 is 4.79 Å². The second-order valence-electron chi connectivity index (χ2n) is 5.61. The summed E-state index contributed by atoms with van der Waals surface area (Å²) in [5.41, 5.74) is 1.25. The second kappa shape index (κ2) is 8.05. The predicted octanol–water partition coefficient (Wildman–Crippen LogP) is 2.61. The summed E-state index contributed by atoms with van der Waals surface area (Å²) in [6, 6.07) is 10.7. The van der Waals surface area contributed by atoms with Crippen molar-refractivity contribution in [3.8, 4) is 0 Å². The van der Waals surface area contributed by atoms with Crippen LogP contribution in [0.25, 0.3) is 0 Å². The lowest BCUT2D eigenvalue weighted by Crippen LogP contribution is -2.44. The fraction of sp³-hybridized carbons (Fsp3) is 0.588. The number of hydrogen-bond acceptors (Lipinski definition) is 2. The number of carbonyl (C=O) groups is 1. The molecular weight excluding hydrogens is 248 g/mol. The number of nitrogens with one attached hydrogen (secondary N) is 1. The van der Waals surface area contributed by atoms with Gasteiger partial charge in [-0.3, -0.25) is 4.79 Å². The highest BCUT2D eigenvalue weighted by Gasteiger charge is 2.25. The maximum Gasteiger partial charge on any atom is 0.223 e. The van der Waals surface area contributed by atoms with Gasteiger partial charge in [0.05, 0.1) is 0 Å². The quantitative estimate of drug-likeness (QED) is 0.865. The standard InChI is InChI=1S/C17H26N2O/c1-18-13-12-16-9-5-6-14-19(16)17(20)11-10-15-7-3-2-4-8-15/h2-4,7-8,16,18H,5-6,9-14H2,1H3. The van der Waals surface area contributed by atoms with Crippen LogP contribution in [0.1, 0.15) is 37.7 Å². The van der Waals surface area contributed by atoms with Crippen LogP contribution in [0.5, 0.6) is 0 Å². The summed E-state index contributed by atoms with van der Waals surface area (Å²) in [7, 11) is 1.98. The van der Waals surface area contributed by atoms with Crippen LogP contribution in [0, 0.1) is 0 Å². The Morgan fingerprint density at radius 3 is 2.85 bits per heavy atom. The molecule has 0 bridgehead atoms. The zero-order valence-electron chi connectivity index (χ0n) is 12.5. The van der Waals surface area contributed by atoms with Crippen LogP contribution in [0.2, 0.25) is 0 Å². The van der Waals surface area contributed by atoms with E-state index in [0.29, 0.717) is 18.4 Å². The number of likely N-dealkylation sites (tertiary alicyclic amines) is 1. The number of aryl methyl sites for hydroxylation is 1. The van der Waals surface area contributed by atoms with E-state index in [4.69, 9.17) is 0 Å². The van der Waals surface area contributed by atoms with Crippen molar-refractivity contribution in [3.63, 3.8) is 0 Å². The maximum absolute atomic E-state index is 12.5. The Balaban J connectivity index is 1.85. The van der Waals surface area contributed by atoms with E-state index in [1.54, 1.807) is 0 Å². The molecule has 1 amide bonds. The van der Waals surface area contributed by atoms with E-state index in [-0.39, 0.29) is 0 Å². The van der Waals surface area contributed by atoms with E-state index >= 15 is 0 Å². The minimum atomic E-state index is 0.328. The van der Waals surface area contributed by atoms with Gasteiger partial charge in [-0.2, -0.15) is 0 Å². The Hall–Kier alpha value is -1.35. The first-order chi connectivity index (χ1) is 9.81. The molecule has 110 valence electrons. The first-order valence-corrected chi connectivity index (χ1v) is 7.79. The Morgan fingerprint density at radius 2 is 2.10 bits per heavy atom. The predicted molar refractivity (Wildman–Crippen MR) is 82.7 cm³/mol. The lowest BCUT2D eigenvalue weighted by molar-refractivity contribution is -0.134. The molecule has 1 aromatic rings. The van der Waals surface area contributed by atoms with Crippen LogP contribution in [-0.2, 0) is 11.2 Å². The third-order valence-electron chi connectivity index (χ3n) is 4.15.